The van der Waals surface area contributed by atoms with Crippen LogP contribution in [0.15, 0.2) is 42.5 Å². The lowest BCUT2D eigenvalue weighted by Gasteiger charge is -2.15. The predicted octanol–water partition coefficient (Wildman–Crippen LogP) is 3.02. The second-order valence-corrected chi connectivity index (χ2v) is 6.18. The molecule has 5 heteroatoms. The highest BCUT2D eigenvalue weighted by Gasteiger charge is 2.15. The Hall–Kier alpha value is -2.95. The highest BCUT2D eigenvalue weighted by Crippen LogP contribution is 2.32. The standard InChI is InChI=1S/C20H19NO4/c1-21(12-15-3-6-18-19(11-15)25-13-24-18)20(22)7-4-14-2-5-17-16(10-14)8-9-23-17/h2-7,10-11H,8-9,12-13H2,1H3. The summed E-state index contributed by atoms with van der Waals surface area (Å²) < 4.78 is 16.2. The van der Waals surface area contributed by atoms with Crippen LogP contribution in [0, 0.1) is 0 Å². The van der Waals surface area contributed by atoms with E-state index >= 15 is 0 Å². The predicted molar refractivity (Wildman–Crippen MR) is 93.7 cm³/mol. The van der Waals surface area contributed by atoms with Gasteiger partial charge in [0, 0.05) is 26.1 Å². The van der Waals surface area contributed by atoms with Crippen LogP contribution < -0.4 is 14.2 Å². The van der Waals surface area contributed by atoms with Crippen LogP contribution in [-0.2, 0) is 17.8 Å². The Morgan fingerprint density at radius 3 is 2.84 bits per heavy atom. The topological polar surface area (TPSA) is 48.0 Å². The zero-order valence-corrected chi connectivity index (χ0v) is 14.0. The molecule has 0 bridgehead atoms. The van der Waals surface area contributed by atoms with E-state index < -0.39 is 0 Å². The smallest absolute Gasteiger partial charge is 0.246 e. The summed E-state index contributed by atoms with van der Waals surface area (Å²) in [4.78, 5) is 14.0. The molecule has 0 aromatic heterocycles. The Bertz CT molecular complexity index is 844. The molecule has 2 aliphatic heterocycles. The van der Waals surface area contributed by atoms with Gasteiger partial charge in [0.1, 0.15) is 5.75 Å². The first-order chi connectivity index (χ1) is 12.2. The molecule has 0 fully saturated rings. The molecule has 128 valence electrons. The number of fused-ring (bicyclic) bond motifs is 2. The maximum atomic E-state index is 12.3. The summed E-state index contributed by atoms with van der Waals surface area (Å²) in [5, 5.41) is 0. The summed E-state index contributed by atoms with van der Waals surface area (Å²) in [6.07, 6.45) is 4.37. The molecule has 2 aromatic carbocycles. The van der Waals surface area contributed by atoms with Gasteiger partial charge in [0.15, 0.2) is 11.5 Å². The van der Waals surface area contributed by atoms with Crippen LogP contribution in [-0.4, -0.2) is 31.3 Å². The molecule has 0 unspecified atom stereocenters. The molecule has 0 N–H and O–H groups in total. The summed E-state index contributed by atoms with van der Waals surface area (Å²) in [7, 11) is 1.79. The van der Waals surface area contributed by atoms with Gasteiger partial charge >= 0.3 is 0 Å². The number of hydrogen-bond donors (Lipinski definition) is 0. The summed E-state index contributed by atoms with van der Waals surface area (Å²) in [6.45, 7) is 1.50. The highest BCUT2D eigenvalue weighted by atomic mass is 16.7. The summed E-state index contributed by atoms with van der Waals surface area (Å²) in [6, 6.07) is 11.7. The van der Waals surface area contributed by atoms with Crippen LogP contribution in [0.2, 0.25) is 0 Å². The maximum absolute atomic E-state index is 12.3. The zero-order chi connectivity index (χ0) is 17.2. The minimum atomic E-state index is -0.0468. The van der Waals surface area contributed by atoms with Crippen molar-refractivity contribution in [3.05, 3.63) is 59.2 Å². The molecule has 4 rings (SSSR count). The molecule has 0 saturated heterocycles. The average molecular weight is 337 g/mol. The SMILES string of the molecule is CN(Cc1ccc2c(c1)OCO2)C(=O)C=Cc1ccc2c(c1)CCO2. The molecule has 0 saturated carbocycles. The first-order valence-electron chi connectivity index (χ1n) is 8.26. The van der Waals surface area contributed by atoms with E-state index in [4.69, 9.17) is 14.2 Å². The van der Waals surface area contributed by atoms with Gasteiger partial charge in [0.2, 0.25) is 12.7 Å². The number of rotatable bonds is 4. The van der Waals surface area contributed by atoms with Gasteiger partial charge in [-0.3, -0.25) is 4.79 Å². The first kappa shape index (κ1) is 15.6. The van der Waals surface area contributed by atoms with Crippen LogP contribution in [0.5, 0.6) is 17.2 Å². The Labute approximate surface area is 146 Å². The fourth-order valence-electron chi connectivity index (χ4n) is 3.00. The van der Waals surface area contributed by atoms with Gasteiger partial charge in [-0.25, -0.2) is 0 Å². The Balaban J connectivity index is 1.40. The van der Waals surface area contributed by atoms with Gasteiger partial charge in [0.05, 0.1) is 6.61 Å². The lowest BCUT2D eigenvalue weighted by atomic mass is 10.1. The van der Waals surface area contributed by atoms with Crippen molar-refractivity contribution in [2.24, 2.45) is 0 Å². The molecule has 1 amide bonds. The van der Waals surface area contributed by atoms with Crippen molar-refractivity contribution in [1.82, 2.24) is 4.90 Å². The third kappa shape index (κ3) is 3.31. The van der Waals surface area contributed by atoms with Crippen molar-refractivity contribution in [2.75, 3.05) is 20.4 Å². The second-order valence-electron chi connectivity index (χ2n) is 6.18. The summed E-state index contributed by atoms with van der Waals surface area (Å²) in [5.74, 6) is 2.38. The molecule has 2 heterocycles. The normalized spacial score (nSPS) is 14.4. The van der Waals surface area contributed by atoms with Crippen molar-refractivity contribution < 1.29 is 19.0 Å². The van der Waals surface area contributed by atoms with E-state index in [2.05, 4.69) is 6.07 Å². The third-order valence-corrected chi connectivity index (χ3v) is 4.36. The fraction of sp³-hybridized carbons (Fsp3) is 0.250. The minimum Gasteiger partial charge on any atom is -0.493 e. The van der Waals surface area contributed by atoms with Crippen molar-refractivity contribution >= 4 is 12.0 Å². The molecule has 0 spiro atoms. The van der Waals surface area contributed by atoms with Crippen LogP contribution in [0.3, 0.4) is 0 Å². The molecule has 0 radical (unpaired) electrons. The fourth-order valence-corrected chi connectivity index (χ4v) is 3.00. The van der Waals surface area contributed by atoms with Gasteiger partial charge in [-0.2, -0.15) is 0 Å². The Morgan fingerprint density at radius 1 is 1.08 bits per heavy atom. The van der Waals surface area contributed by atoms with Crippen molar-refractivity contribution in [1.29, 1.82) is 0 Å². The minimum absolute atomic E-state index is 0.0468. The van der Waals surface area contributed by atoms with Crippen LogP contribution >= 0.6 is 0 Å². The number of likely N-dealkylation sites (N-methyl/N-ethyl adjacent to an activating group) is 1. The molecule has 2 aliphatic rings. The van der Waals surface area contributed by atoms with Crippen LogP contribution in [0.25, 0.3) is 6.08 Å². The number of carbonyl (C=O) groups is 1. The summed E-state index contributed by atoms with van der Waals surface area (Å²) in [5.41, 5.74) is 3.21. The van der Waals surface area contributed by atoms with E-state index in [-0.39, 0.29) is 12.7 Å². The van der Waals surface area contributed by atoms with E-state index in [1.54, 1.807) is 18.0 Å². The molecule has 2 aromatic rings. The Morgan fingerprint density at radius 2 is 1.92 bits per heavy atom. The van der Waals surface area contributed by atoms with Gasteiger partial charge in [0.25, 0.3) is 0 Å². The molecular weight excluding hydrogens is 318 g/mol. The van der Waals surface area contributed by atoms with Gasteiger partial charge in [-0.05, 0) is 47.0 Å². The molecular formula is C20H19NO4. The van der Waals surface area contributed by atoms with Crippen molar-refractivity contribution in [2.45, 2.75) is 13.0 Å². The highest BCUT2D eigenvalue weighted by molar-refractivity contribution is 5.91. The van der Waals surface area contributed by atoms with Crippen LogP contribution in [0.1, 0.15) is 16.7 Å². The molecule has 5 nitrogen and oxygen atoms in total. The number of carbonyl (C=O) groups excluding carboxylic acids is 1. The van der Waals surface area contributed by atoms with E-state index in [9.17, 15) is 4.79 Å². The Kier molecular flexibility index (Phi) is 4.06. The number of amides is 1. The third-order valence-electron chi connectivity index (χ3n) is 4.36. The number of ether oxygens (including phenoxy) is 3. The zero-order valence-electron chi connectivity index (χ0n) is 14.0. The lowest BCUT2D eigenvalue weighted by Crippen LogP contribution is -2.24. The average Bonchev–Trinajstić information content (AvgIpc) is 3.27. The number of benzene rings is 2. The van der Waals surface area contributed by atoms with Gasteiger partial charge < -0.3 is 19.1 Å². The lowest BCUT2D eigenvalue weighted by molar-refractivity contribution is -0.125. The van der Waals surface area contributed by atoms with E-state index in [0.29, 0.717) is 6.54 Å². The molecule has 0 atom stereocenters. The quantitative estimate of drug-likeness (QED) is 0.805. The molecule has 25 heavy (non-hydrogen) atoms. The van der Waals surface area contributed by atoms with Crippen molar-refractivity contribution in [3.8, 4) is 17.2 Å². The van der Waals surface area contributed by atoms with Crippen molar-refractivity contribution in [3.63, 3.8) is 0 Å². The largest absolute Gasteiger partial charge is 0.493 e. The van der Waals surface area contributed by atoms with Gasteiger partial charge in [-0.15, -0.1) is 0 Å². The maximum Gasteiger partial charge on any atom is 0.246 e. The van der Waals surface area contributed by atoms with Crippen LogP contribution in [0.4, 0.5) is 0 Å². The van der Waals surface area contributed by atoms with E-state index in [1.165, 1.54) is 5.56 Å². The first-order valence-corrected chi connectivity index (χ1v) is 8.26. The number of nitrogens with zero attached hydrogens (tertiary/aromatic N) is 1. The monoisotopic (exact) mass is 337 g/mol. The summed E-state index contributed by atoms with van der Waals surface area (Å²) >= 11 is 0. The van der Waals surface area contributed by atoms with E-state index in [0.717, 1.165) is 41.4 Å². The van der Waals surface area contributed by atoms with Gasteiger partial charge in [-0.1, -0.05) is 12.1 Å². The second kappa shape index (κ2) is 6.51. The molecule has 0 aliphatic carbocycles. The van der Waals surface area contributed by atoms with E-state index in [1.807, 2.05) is 36.4 Å². The number of hydrogen-bond acceptors (Lipinski definition) is 4.